The summed E-state index contributed by atoms with van der Waals surface area (Å²) in [6.07, 6.45) is 10.0. The molecule has 0 amide bonds. The topological polar surface area (TPSA) is 43.8 Å². The molecule has 0 spiro atoms. The third-order valence-corrected chi connectivity index (χ3v) is 4.02. The number of pyridine rings is 1. The zero-order valence-electron chi connectivity index (χ0n) is 10.3. The molecule has 0 radical (unpaired) electrons. The van der Waals surface area contributed by atoms with Crippen LogP contribution < -0.4 is 5.73 Å². The van der Waals surface area contributed by atoms with Gasteiger partial charge in [0.1, 0.15) is 5.65 Å². The summed E-state index contributed by atoms with van der Waals surface area (Å²) in [6, 6.07) is 4.14. The van der Waals surface area contributed by atoms with Gasteiger partial charge < -0.3 is 10.3 Å². The van der Waals surface area contributed by atoms with Crippen LogP contribution in [0.2, 0.25) is 0 Å². The van der Waals surface area contributed by atoms with E-state index in [2.05, 4.69) is 21.8 Å². The van der Waals surface area contributed by atoms with E-state index in [1.54, 1.807) is 0 Å². The van der Waals surface area contributed by atoms with Crippen LogP contribution in [0.4, 0.5) is 0 Å². The molecule has 0 aliphatic heterocycles. The smallest absolute Gasteiger partial charge is 0.139 e. The van der Waals surface area contributed by atoms with Gasteiger partial charge in [0, 0.05) is 30.4 Å². The van der Waals surface area contributed by atoms with Crippen LogP contribution >= 0.6 is 0 Å². The predicted molar refractivity (Wildman–Crippen MR) is 69.7 cm³/mol. The van der Waals surface area contributed by atoms with Crippen LogP contribution in [0.5, 0.6) is 0 Å². The van der Waals surface area contributed by atoms with Gasteiger partial charge in [0.15, 0.2) is 0 Å². The van der Waals surface area contributed by atoms with Gasteiger partial charge >= 0.3 is 0 Å². The molecule has 0 unspecified atom stereocenters. The summed E-state index contributed by atoms with van der Waals surface area (Å²) in [5, 5.41) is 1.22. The van der Waals surface area contributed by atoms with Gasteiger partial charge in [-0.05, 0) is 30.5 Å². The number of hydrogen-bond donors (Lipinski definition) is 1. The summed E-state index contributed by atoms with van der Waals surface area (Å²) >= 11 is 0. The molecular weight excluding hydrogens is 210 g/mol. The Bertz CT molecular complexity index is 535. The second kappa shape index (κ2) is 3.84. The number of aryl methyl sites for hydroxylation is 1. The highest BCUT2D eigenvalue weighted by atomic mass is 15.0. The lowest BCUT2D eigenvalue weighted by atomic mass is 9.77. The third-order valence-electron chi connectivity index (χ3n) is 4.02. The van der Waals surface area contributed by atoms with Gasteiger partial charge in [0.2, 0.25) is 0 Å². The highest BCUT2D eigenvalue weighted by Crippen LogP contribution is 2.38. The summed E-state index contributed by atoms with van der Waals surface area (Å²) in [4.78, 5) is 4.43. The first kappa shape index (κ1) is 10.8. The van der Waals surface area contributed by atoms with Crippen LogP contribution in [0, 0.1) is 0 Å². The first-order valence-corrected chi connectivity index (χ1v) is 6.40. The minimum atomic E-state index is -0.138. The van der Waals surface area contributed by atoms with Crippen LogP contribution in [0.15, 0.2) is 24.5 Å². The molecule has 2 aromatic rings. The highest BCUT2D eigenvalue weighted by Gasteiger charge is 2.32. The SMILES string of the molecule is Cn1cc(C2(N)CCCCC2)c2cccnc21. The van der Waals surface area contributed by atoms with E-state index in [-0.39, 0.29) is 5.54 Å². The van der Waals surface area contributed by atoms with Crippen molar-refractivity contribution in [3.8, 4) is 0 Å². The van der Waals surface area contributed by atoms with Crippen molar-refractivity contribution in [3.05, 3.63) is 30.1 Å². The van der Waals surface area contributed by atoms with Crippen molar-refractivity contribution in [3.63, 3.8) is 0 Å². The van der Waals surface area contributed by atoms with E-state index in [9.17, 15) is 0 Å². The Balaban J connectivity index is 2.16. The van der Waals surface area contributed by atoms with Crippen LogP contribution in [0.25, 0.3) is 11.0 Å². The lowest BCUT2D eigenvalue weighted by Gasteiger charge is -2.33. The fourth-order valence-corrected chi connectivity index (χ4v) is 3.06. The number of rotatable bonds is 1. The van der Waals surface area contributed by atoms with Gasteiger partial charge in [-0.1, -0.05) is 19.3 Å². The Morgan fingerprint density at radius 2 is 2.06 bits per heavy atom. The molecule has 17 heavy (non-hydrogen) atoms. The van der Waals surface area contributed by atoms with E-state index in [4.69, 9.17) is 5.73 Å². The molecule has 0 bridgehead atoms. The molecule has 1 aliphatic rings. The summed E-state index contributed by atoms with van der Waals surface area (Å²) in [6.45, 7) is 0. The largest absolute Gasteiger partial charge is 0.335 e. The predicted octanol–water partition coefficient (Wildman–Crippen LogP) is 2.69. The maximum atomic E-state index is 6.62. The maximum absolute atomic E-state index is 6.62. The molecule has 0 atom stereocenters. The molecular formula is C14H19N3. The molecule has 2 N–H and O–H groups in total. The maximum Gasteiger partial charge on any atom is 0.139 e. The zero-order valence-corrected chi connectivity index (χ0v) is 10.3. The molecule has 0 saturated heterocycles. The summed E-state index contributed by atoms with van der Waals surface area (Å²) < 4.78 is 2.09. The first-order valence-electron chi connectivity index (χ1n) is 6.40. The van der Waals surface area contributed by atoms with Gasteiger partial charge in [-0.15, -0.1) is 0 Å². The van der Waals surface area contributed by atoms with Crippen molar-refractivity contribution in [2.75, 3.05) is 0 Å². The van der Waals surface area contributed by atoms with Crippen LogP contribution in [-0.4, -0.2) is 9.55 Å². The fourth-order valence-electron chi connectivity index (χ4n) is 3.06. The molecule has 0 aromatic carbocycles. The Morgan fingerprint density at radius 3 is 2.82 bits per heavy atom. The van der Waals surface area contributed by atoms with Crippen LogP contribution in [0.1, 0.15) is 37.7 Å². The number of hydrogen-bond acceptors (Lipinski definition) is 2. The van der Waals surface area contributed by atoms with Gasteiger partial charge in [0.05, 0.1) is 0 Å². The van der Waals surface area contributed by atoms with Crippen LogP contribution in [-0.2, 0) is 12.6 Å². The third kappa shape index (κ3) is 1.65. The quantitative estimate of drug-likeness (QED) is 0.817. The molecule has 2 heterocycles. The molecule has 3 rings (SSSR count). The molecule has 1 fully saturated rings. The Labute approximate surface area is 102 Å². The second-order valence-corrected chi connectivity index (χ2v) is 5.25. The summed E-state index contributed by atoms with van der Waals surface area (Å²) in [5.74, 6) is 0. The lowest BCUT2D eigenvalue weighted by Crippen LogP contribution is -2.38. The van der Waals surface area contributed by atoms with E-state index in [1.165, 1.54) is 30.2 Å². The van der Waals surface area contributed by atoms with Crippen molar-refractivity contribution in [1.82, 2.24) is 9.55 Å². The molecule has 1 saturated carbocycles. The van der Waals surface area contributed by atoms with Gasteiger partial charge in [-0.2, -0.15) is 0 Å². The highest BCUT2D eigenvalue weighted by molar-refractivity contribution is 5.81. The molecule has 3 nitrogen and oxygen atoms in total. The summed E-state index contributed by atoms with van der Waals surface area (Å²) in [7, 11) is 2.05. The van der Waals surface area contributed by atoms with E-state index in [0.717, 1.165) is 18.5 Å². The lowest BCUT2D eigenvalue weighted by molar-refractivity contribution is 0.304. The van der Waals surface area contributed by atoms with E-state index in [0.29, 0.717) is 0 Å². The standard InChI is InChI=1S/C14H19N3/c1-17-10-12(11-6-5-9-16-13(11)17)14(15)7-3-2-4-8-14/h5-6,9-10H,2-4,7-8,15H2,1H3. The Kier molecular flexibility index (Phi) is 2.44. The normalized spacial score (nSPS) is 19.6. The average molecular weight is 229 g/mol. The zero-order chi connectivity index (χ0) is 11.9. The number of nitrogens with zero attached hydrogens (tertiary/aromatic N) is 2. The molecule has 2 aromatic heterocycles. The molecule has 1 aliphatic carbocycles. The minimum Gasteiger partial charge on any atom is -0.335 e. The van der Waals surface area contributed by atoms with Crippen molar-refractivity contribution in [2.24, 2.45) is 12.8 Å². The van der Waals surface area contributed by atoms with Crippen LogP contribution in [0.3, 0.4) is 0 Å². The van der Waals surface area contributed by atoms with Gasteiger partial charge in [0.25, 0.3) is 0 Å². The van der Waals surface area contributed by atoms with Gasteiger partial charge in [-0.25, -0.2) is 4.98 Å². The summed E-state index contributed by atoms with van der Waals surface area (Å²) in [5.41, 5.74) is 8.80. The van der Waals surface area contributed by atoms with Crippen molar-refractivity contribution in [2.45, 2.75) is 37.6 Å². The van der Waals surface area contributed by atoms with E-state index in [1.807, 2.05) is 19.3 Å². The number of aromatic nitrogens is 2. The first-order chi connectivity index (χ1) is 8.21. The minimum absolute atomic E-state index is 0.138. The molecule has 90 valence electrons. The van der Waals surface area contributed by atoms with Crippen molar-refractivity contribution < 1.29 is 0 Å². The number of fused-ring (bicyclic) bond motifs is 1. The fraction of sp³-hybridized carbons (Fsp3) is 0.500. The average Bonchev–Trinajstić information content (AvgIpc) is 2.69. The Hall–Kier alpha value is -1.35. The molecule has 3 heteroatoms. The Morgan fingerprint density at radius 1 is 1.29 bits per heavy atom. The van der Waals surface area contributed by atoms with E-state index >= 15 is 0 Å². The van der Waals surface area contributed by atoms with E-state index < -0.39 is 0 Å². The monoisotopic (exact) mass is 229 g/mol. The second-order valence-electron chi connectivity index (χ2n) is 5.25. The van der Waals surface area contributed by atoms with Crippen molar-refractivity contribution >= 4 is 11.0 Å². The van der Waals surface area contributed by atoms with Gasteiger partial charge in [-0.3, -0.25) is 0 Å². The number of nitrogens with two attached hydrogens (primary N) is 1. The van der Waals surface area contributed by atoms with Crippen molar-refractivity contribution in [1.29, 1.82) is 0 Å².